The molecule has 11 heavy (non-hydrogen) atoms. The number of rotatable bonds is 7. The quantitative estimate of drug-likeness (QED) is 0.414. The molecule has 0 aliphatic rings. The second-order valence-corrected chi connectivity index (χ2v) is 2.36. The molecule has 3 nitrogen and oxygen atoms in total. The van der Waals surface area contributed by atoms with Gasteiger partial charge < -0.3 is 4.74 Å². The van der Waals surface area contributed by atoms with Crippen LogP contribution in [-0.2, 0) is 14.3 Å². The summed E-state index contributed by atoms with van der Waals surface area (Å²) in [5, 5.41) is 0. The maximum absolute atomic E-state index is 10.9. The molecule has 0 amide bonds. The van der Waals surface area contributed by atoms with Crippen LogP contribution < -0.4 is 0 Å². The van der Waals surface area contributed by atoms with Gasteiger partial charge in [-0.3, -0.25) is 9.59 Å². The Kier molecular flexibility index (Phi) is 6.68. The smallest absolute Gasteiger partial charge is 0.293 e. The first-order valence-electron chi connectivity index (χ1n) is 3.88. The molecule has 0 fully saturated rings. The van der Waals surface area contributed by atoms with E-state index in [9.17, 15) is 9.59 Å². The van der Waals surface area contributed by atoms with Crippen molar-refractivity contribution in [1.29, 1.82) is 0 Å². The Morgan fingerprint density at radius 1 is 1.45 bits per heavy atom. The number of carbonyl (C=O) groups excluding carboxylic acids is 2. The molecule has 0 aromatic heterocycles. The van der Waals surface area contributed by atoms with Gasteiger partial charge >= 0.3 is 0 Å². The fourth-order valence-corrected chi connectivity index (χ4v) is 0.720. The van der Waals surface area contributed by atoms with E-state index in [-0.39, 0.29) is 12.4 Å². The minimum atomic E-state index is 0.175. The third-order valence-corrected chi connectivity index (χ3v) is 1.38. The van der Waals surface area contributed by atoms with E-state index in [4.69, 9.17) is 0 Å². The van der Waals surface area contributed by atoms with Crippen molar-refractivity contribution in [3.8, 4) is 0 Å². The summed E-state index contributed by atoms with van der Waals surface area (Å²) in [4.78, 5) is 20.5. The molecule has 0 aromatic carbocycles. The minimum Gasteiger partial charge on any atom is -0.467 e. The van der Waals surface area contributed by atoms with Crippen molar-refractivity contribution in [3.63, 3.8) is 0 Å². The van der Waals surface area contributed by atoms with Gasteiger partial charge in [0, 0.05) is 12.8 Å². The molecule has 0 radical (unpaired) electrons. The summed E-state index contributed by atoms with van der Waals surface area (Å²) in [5.41, 5.74) is 0. The molecule has 0 spiro atoms. The highest BCUT2D eigenvalue weighted by atomic mass is 16.5. The van der Waals surface area contributed by atoms with Crippen LogP contribution >= 0.6 is 0 Å². The molecule has 0 heterocycles. The fraction of sp³-hybridized carbons (Fsp3) is 0.750. The van der Waals surface area contributed by atoms with E-state index < -0.39 is 0 Å². The summed E-state index contributed by atoms with van der Waals surface area (Å²) >= 11 is 0. The summed E-state index contributed by atoms with van der Waals surface area (Å²) in [6.07, 6.45) is 2.93. The SMILES string of the molecule is CCCCC(=O)CCOC=O. The topological polar surface area (TPSA) is 43.4 Å². The standard InChI is InChI=1S/C8H14O3/c1-2-3-4-8(10)5-6-11-7-9/h7H,2-6H2,1H3. The third-order valence-electron chi connectivity index (χ3n) is 1.38. The molecule has 0 saturated heterocycles. The first-order chi connectivity index (χ1) is 5.31. The first kappa shape index (κ1) is 10.1. The van der Waals surface area contributed by atoms with E-state index in [0.717, 1.165) is 12.8 Å². The Labute approximate surface area is 66.7 Å². The van der Waals surface area contributed by atoms with E-state index in [1.165, 1.54) is 0 Å². The molecule has 0 aromatic rings. The van der Waals surface area contributed by atoms with Crippen LogP contribution in [0.5, 0.6) is 0 Å². The highest BCUT2D eigenvalue weighted by molar-refractivity contribution is 5.78. The Morgan fingerprint density at radius 2 is 2.18 bits per heavy atom. The van der Waals surface area contributed by atoms with Crippen molar-refractivity contribution in [1.82, 2.24) is 0 Å². The highest BCUT2D eigenvalue weighted by Crippen LogP contribution is 1.97. The van der Waals surface area contributed by atoms with Crippen LogP contribution in [0.25, 0.3) is 0 Å². The molecule has 0 rings (SSSR count). The summed E-state index contributed by atoms with van der Waals surface area (Å²) in [6, 6.07) is 0. The monoisotopic (exact) mass is 158 g/mol. The Hall–Kier alpha value is -0.860. The molecule has 0 atom stereocenters. The third kappa shape index (κ3) is 7.03. The predicted molar refractivity (Wildman–Crippen MR) is 41.2 cm³/mol. The van der Waals surface area contributed by atoms with Gasteiger partial charge in [0.25, 0.3) is 6.47 Å². The molecule has 64 valence electrons. The van der Waals surface area contributed by atoms with Gasteiger partial charge in [0.15, 0.2) is 0 Å². The number of ketones is 1. The molecule has 0 unspecified atom stereocenters. The highest BCUT2D eigenvalue weighted by Gasteiger charge is 1.99. The zero-order valence-corrected chi connectivity index (χ0v) is 6.84. The zero-order chi connectivity index (χ0) is 8.53. The average molecular weight is 158 g/mol. The van der Waals surface area contributed by atoms with Crippen LogP contribution in [0.3, 0.4) is 0 Å². The normalized spacial score (nSPS) is 9.18. The summed E-state index contributed by atoms with van der Waals surface area (Å²) in [7, 11) is 0. The Balaban J connectivity index is 3.15. The molecular formula is C8H14O3. The molecule has 0 N–H and O–H groups in total. The lowest BCUT2D eigenvalue weighted by molar-refractivity contribution is -0.130. The van der Waals surface area contributed by atoms with Gasteiger partial charge in [0.05, 0.1) is 6.61 Å². The molecule has 3 heteroatoms. The van der Waals surface area contributed by atoms with E-state index in [0.29, 0.717) is 19.3 Å². The lowest BCUT2D eigenvalue weighted by Gasteiger charge is -1.97. The van der Waals surface area contributed by atoms with Crippen LogP contribution in [-0.4, -0.2) is 18.9 Å². The molecule has 0 bridgehead atoms. The van der Waals surface area contributed by atoms with Crippen LogP contribution in [0.2, 0.25) is 0 Å². The van der Waals surface area contributed by atoms with Crippen molar-refractivity contribution >= 4 is 12.3 Å². The van der Waals surface area contributed by atoms with Crippen molar-refractivity contribution in [2.24, 2.45) is 0 Å². The van der Waals surface area contributed by atoms with Gasteiger partial charge in [0.1, 0.15) is 5.78 Å². The van der Waals surface area contributed by atoms with Gasteiger partial charge in [-0.05, 0) is 6.42 Å². The lowest BCUT2D eigenvalue weighted by atomic mass is 10.1. The van der Waals surface area contributed by atoms with E-state index in [1.54, 1.807) is 0 Å². The Bertz CT molecular complexity index is 121. The summed E-state index contributed by atoms with van der Waals surface area (Å²) in [6.45, 7) is 2.63. The van der Waals surface area contributed by atoms with Crippen molar-refractivity contribution in [2.45, 2.75) is 32.6 Å². The minimum absolute atomic E-state index is 0.175. The molecular weight excluding hydrogens is 144 g/mol. The number of unbranched alkanes of at least 4 members (excludes halogenated alkanes) is 1. The van der Waals surface area contributed by atoms with Crippen molar-refractivity contribution < 1.29 is 14.3 Å². The maximum Gasteiger partial charge on any atom is 0.293 e. The van der Waals surface area contributed by atoms with E-state index >= 15 is 0 Å². The van der Waals surface area contributed by atoms with Gasteiger partial charge in [-0.15, -0.1) is 0 Å². The van der Waals surface area contributed by atoms with Gasteiger partial charge in [-0.25, -0.2) is 0 Å². The van der Waals surface area contributed by atoms with Gasteiger partial charge in [0.2, 0.25) is 0 Å². The van der Waals surface area contributed by atoms with Crippen LogP contribution in [0.15, 0.2) is 0 Å². The van der Waals surface area contributed by atoms with Crippen LogP contribution in [0.1, 0.15) is 32.6 Å². The number of ether oxygens (including phenoxy) is 1. The van der Waals surface area contributed by atoms with E-state index in [1.807, 2.05) is 6.92 Å². The average Bonchev–Trinajstić information content (AvgIpc) is 2.01. The maximum atomic E-state index is 10.9. The van der Waals surface area contributed by atoms with Crippen LogP contribution in [0.4, 0.5) is 0 Å². The van der Waals surface area contributed by atoms with Gasteiger partial charge in [-0.2, -0.15) is 0 Å². The lowest BCUT2D eigenvalue weighted by Crippen LogP contribution is -2.02. The largest absolute Gasteiger partial charge is 0.467 e. The molecule has 0 aliphatic carbocycles. The number of Topliss-reactive ketones (excluding diaryl/α,β-unsaturated/α-hetero) is 1. The van der Waals surface area contributed by atoms with Crippen molar-refractivity contribution in [3.05, 3.63) is 0 Å². The fourth-order valence-electron chi connectivity index (χ4n) is 0.720. The molecule has 0 aliphatic heterocycles. The summed E-state index contributed by atoms with van der Waals surface area (Å²) < 4.78 is 4.38. The van der Waals surface area contributed by atoms with E-state index in [2.05, 4.69) is 4.74 Å². The summed E-state index contributed by atoms with van der Waals surface area (Å²) in [5.74, 6) is 0.175. The van der Waals surface area contributed by atoms with Crippen molar-refractivity contribution in [2.75, 3.05) is 6.61 Å². The van der Waals surface area contributed by atoms with Gasteiger partial charge in [-0.1, -0.05) is 13.3 Å². The number of carbonyl (C=O) groups is 2. The number of hydrogen-bond acceptors (Lipinski definition) is 3. The second-order valence-electron chi connectivity index (χ2n) is 2.36. The number of hydrogen-bond donors (Lipinski definition) is 0. The second kappa shape index (κ2) is 7.25. The molecule has 0 saturated carbocycles. The Morgan fingerprint density at radius 3 is 2.73 bits per heavy atom. The first-order valence-corrected chi connectivity index (χ1v) is 3.88. The van der Waals surface area contributed by atoms with Crippen LogP contribution in [0, 0.1) is 0 Å². The zero-order valence-electron chi connectivity index (χ0n) is 6.84. The predicted octanol–water partition coefficient (Wildman–Crippen LogP) is 1.31.